The molecule has 1 aliphatic heterocycles. The second-order valence-corrected chi connectivity index (χ2v) is 5.56. The van der Waals surface area contributed by atoms with E-state index in [4.69, 9.17) is 4.74 Å². The molecule has 1 atom stereocenters. The first-order valence-corrected chi connectivity index (χ1v) is 7.26. The molecule has 0 saturated carbocycles. The second-order valence-electron chi connectivity index (χ2n) is 5.56. The summed E-state index contributed by atoms with van der Waals surface area (Å²) in [6, 6.07) is 13.9. The highest BCUT2D eigenvalue weighted by Gasteiger charge is 2.26. The van der Waals surface area contributed by atoms with Crippen LogP contribution in [0.2, 0.25) is 0 Å². The SMILES string of the molecule is Cc1ccc2c(c1)CCC(C(=O)Nc1ccccc1C)O2. The van der Waals surface area contributed by atoms with Gasteiger partial charge >= 0.3 is 0 Å². The Morgan fingerprint density at radius 1 is 1.19 bits per heavy atom. The molecule has 2 aromatic rings. The molecular weight excluding hydrogens is 262 g/mol. The highest BCUT2D eigenvalue weighted by atomic mass is 16.5. The molecule has 1 amide bonds. The average molecular weight is 281 g/mol. The van der Waals surface area contributed by atoms with Crippen molar-refractivity contribution in [1.82, 2.24) is 0 Å². The molecule has 3 rings (SSSR count). The lowest BCUT2D eigenvalue weighted by Gasteiger charge is -2.25. The van der Waals surface area contributed by atoms with Gasteiger partial charge in [-0.3, -0.25) is 4.79 Å². The lowest BCUT2D eigenvalue weighted by Crippen LogP contribution is -2.36. The molecule has 3 heteroatoms. The van der Waals surface area contributed by atoms with Gasteiger partial charge in [0.05, 0.1) is 0 Å². The molecule has 0 aromatic heterocycles. The van der Waals surface area contributed by atoms with Crippen molar-refractivity contribution in [2.75, 3.05) is 5.32 Å². The number of aryl methyl sites for hydroxylation is 3. The number of benzene rings is 2. The van der Waals surface area contributed by atoms with Crippen LogP contribution < -0.4 is 10.1 Å². The summed E-state index contributed by atoms with van der Waals surface area (Å²) in [7, 11) is 0. The fourth-order valence-electron chi connectivity index (χ4n) is 2.63. The zero-order valence-electron chi connectivity index (χ0n) is 12.3. The molecule has 108 valence electrons. The first kappa shape index (κ1) is 13.7. The lowest BCUT2D eigenvalue weighted by molar-refractivity contribution is -0.123. The third kappa shape index (κ3) is 2.92. The van der Waals surface area contributed by atoms with Crippen LogP contribution in [0.4, 0.5) is 5.69 Å². The molecule has 1 unspecified atom stereocenters. The number of hydrogen-bond acceptors (Lipinski definition) is 2. The Morgan fingerprint density at radius 2 is 2.00 bits per heavy atom. The minimum absolute atomic E-state index is 0.0736. The molecule has 0 bridgehead atoms. The molecule has 0 spiro atoms. The summed E-state index contributed by atoms with van der Waals surface area (Å²) in [4.78, 5) is 12.4. The Morgan fingerprint density at radius 3 is 2.81 bits per heavy atom. The number of para-hydroxylation sites is 1. The van der Waals surface area contributed by atoms with Crippen molar-refractivity contribution in [2.45, 2.75) is 32.8 Å². The van der Waals surface area contributed by atoms with Crippen molar-refractivity contribution >= 4 is 11.6 Å². The van der Waals surface area contributed by atoms with Crippen molar-refractivity contribution in [1.29, 1.82) is 0 Å². The molecule has 1 heterocycles. The van der Waals surface area contributed by atoms with Gasteiger partial charge in [0.25, 0.3) is 5.91 Å². The number of fused-ring (bicyclic) bond motifs is 1. The molecule has 21 heavy (non-hydrogen) atoms. The number of carbonyl (C=O) groups excluding carboxylic acids is 1. The van der Waals surface area contributed by atoms with E-state index >= 15 is 0 Å². The van der Waals surface area contributed by atoms with Gasteiger partial charge in [-0.15, -0.1) is 0 Å². The van der Waals surface area contributed by atoms with Gasteiger partial charge in [0.2, 0.25) is 0 Å². The van der Waals surface area contributed by atoms with E-state index in [2.05, 4.69) is 18.3 Å². The Hall–Kier alpha value is -2.29. The monoisotopic (exact) mass is 281 g/mol. The summed E-state index contributed by atoms with van der Waals surface area (Å²) in [5.74, 6) is 0.757. The summed E-state index contributed by atoms with van der Waals surface area (Å²) < 4.78 is 5.85. The van der Waals surface area contributed by atoms with E-state index in [9.17, 15) is 4.79 Å². The number of anilines is 1. The maximum absolute atomic E-state index is 12.4. The smallest absolute Gasteiger partial charge is 0.265 e. The van der Waals surface area contributed by atoms with E-state index < -0.39 is 6.10 Å². The first-order valence-electron chi connectivity index (χ1n) is 7.26. The predicted octanol–water partition coefficient (Wildman–Crippen LogP) is 3.64. The second kappa shape index (κ2) is 5.60. The summed E-state index contributed by atoms with van der Waals surface area (Å²) in [5, 5.41) is 2.96. The Balaban J connectivity index is 1.73. The fraction of sp³-hybridized carbons (Fsp3) is 0.278. The van der Waals surface area contributed by atoms with E-state index in [1.54, 1.807) is 0 Å². The van der Waals surface area contributed by atoms with E-state index in [1.165, 1.54) is 11.1 Å². The molecule has 1 aliphatic rings. The molecule has 3 nitrogen and oxygen atoms in total. The normalized spacial score (nSPS) is 16.8. The van der Waals surface area contributed by atoms with E-state index in [0.717, 1.165) is 23.4 Å². The zero-order valence-corrected chi connectivity index (χ0v) is 12.3. The number of amides is 1. The number of rotatable bonds is 2. The van der Waals surface area contributed by atoms with E-state index in [0.29, 0.717) is 6.42 Å². The van der Waals surface area contributed by atoms with Crippen LogP contribution in [0, 0.1) is 13.8 Å². The van der Waals surface area contributed by atoms with Crippen LogP contribution in [-0.4, -0.2) is 12.0 Å². The maximum Gasteiger partial charge on any atom is 0.265 e. The molecule has 0 saturated heterocycles. The third-order valence-electron chi connectivity index (χ3n) is 3.86. The van der Waals surface area contributed by atoms with Gasteiger partial charge < -0.3 is 10.1 Å². The third-order valence-corrected chi connectivity index (χ3v) is 3.86. The summed E-state index contributed by atoms with van der Waals surface area (Å²) in [6.07, 6.45) is 1.18. The van der Waals surface area contributed by atoms with Crippen LogP contribution in [0.3, 0.4) is 0 Å². The van der Waals surface area contributed by atoms with Crippen molar-refractivity contribution in [3.05, 3.63) is 59.2 Å². The molecule has 0 radical (unpaired) electrons. The molecule has 0 aliphatic carbocycles. The summed E-state index contributed by atoms with van der Waals surface area (Å²) >= 11 is 0. The number of carbonyl (C=O) groups is 1. The van der Waals surface area contributed by atoms with Crippen molar-refractivity contribution in [3.8, 4) is 5.75 Å². The predicted molar refractivity (Wildman–Crippen MR) is 83.7 cm³/mol. The molecular formula is C18H19NO2. The fourth-order valence-corrected chi connectivity index (χ4v) is 2.63. The van der Waals surface area contributed by atoms with Gasteiger partial charge in [0.1, 0.15) is 5.75 Å². The van der Waals surface area contributed by atoms with Gasteiger partial charge in [-0.05, 0) is 49.9 Å². The van der Waals surface area contributed by atoms with Crippen molar-refractivity contribution < 1.29 is 9.53 Å². The van der Waals surface area contributed by atoms with Gasteiger partial charge in [-0.1, -0.05) is 35.9 Å². The molecule has 0 fully saturated rings. The number of hydrogen-bond donors (Lipinski definition) is 1. The van der Waals surface area contributed by atoms with Gasteiger partial charge in [-0.2, -0.15) is 0 Å². The van der Waals surface area contributed by atoms with Crippen LogP contribution in [0.25, 0.3) is 0 Å². The molecule has 2 aromatic carbocycles. The largest absolute Gasteiger partial charge is 0.480 e. The topological polar surface area (TPSA) is 38.3 Å². The summed E-state index contributed by atoms with van der Waals surface area (Å²) in [5.41, 5.74) is 4.31. The Kier molecular flexibility index (Phi) is 3.65. The van der Waals surface area contributed by atoms with Gasteiger partial charge in [0, 0.05) is 5.69 Å². The Labute approximate surface area is 124 Å². The number of nitrogens with one attached hydrogen (secondary N) is 1. The van der Waals surface area contributed by atoms with Crippen molar-refractivity contribution in [2.24, 2.45) is 0 Å². The van der Waals surface area contributed by atoms with Crippen LogP contribution in [-0.2, 0) is 11.2 Å². The lowest BCUT2D eigenvalue weighted by atomic mass is 10.00. The minimum atomic E-state index is -0.417. The molecule has 1 N–H and O–H groups in total. The average Bonchev–Trinajstić information content (AvgIpc) is 2.49. The standard InChI is InChI=1S/C18H19NO2/c1-12-7-9-16-14(11-12)8-10-17(21-16)18(20)19-15-6-4-3-5-13(15)2/h3-7,9,11,17H,8,10H2,1-2H3,(H,19,20). The quantitative estimate of drug-likeness (QED) is 0.912. The Bertz CT molecular complexity index is 679. The highest BCUT2D eigenvalue weighted by molar-refractivity contribution is 5.95. The van der Waals surface area contributed by atoms with E-state index in [-0.39, 0.29) is 5.91 Å². The minimum Gasteiger partial charge on any atom is -0.480 e. The van der Waals surface area contributed by atoms with Crippen LogP contribution in [0.15, 0.2) is 42.5 Å². The first-order chi connectivity index (χ1) is 10.1. The van der Waals surface area contributed by atoms with Gasteiger partial charge in [0.15, 0.2) is 6.10 Å². The van der Waals surface area contributed by atoms with E-state index in [1.807, 2.05) is 43.3 Å². The van der Waals surface area contributed by atoms with Crippen LogP contribution in [0.1, 0.15) is 23.1 Å². The number of ether oxygens (including phenoxy) is 1. The zero-order chi connectivity index (χ0) is 14.8. The highest BCUT2D eigenvalue weighted by Crippen LogP contribution is 2.29. The maximum atomic E-state index is 12.4. The van der Waals surface area contributed by atoms with Crippen LogP contribution in [0.5, 0.6) is 5.75 Å². The van der Waals surface area contributed by atoms with Crippen molar-refractivity contribution in [3.63, 3.8) is 0 Å². The summed E-state index contributed by atoms with van der Waals surface area (Å²) in [6.45, 7) is 4.05. The van der Waals surface area contributed by atoms with Crippen LogP contribution >= 0.6 is 0 Å². The van der Waals surface area contributed by atoms with Gasteiger partial charge in [-0.25, -0.2) is 0 Å².